The Bertz CT molecular complexity index is 118. The van der Waals surface area contributed by atoms with Crippen LogP contribution in [0, 0.1) is 6.92 Å². The molecule has 0 aliphatic carbocycles. The molecular weight excluding hydrogens is 317 g/mol. The standard InChI is InChI=1S/C18H37.Ru.2H/c1-3-5-7-9-11-13-15-17-18-16-14-12-10-8-6-4-2;;;/h1,3-18H2,2H3;;;/q-1;;;. The van der Waals surface area contributed by atoms with Crippen molar-refractivity contribution in [3.8, 4) is 0 Å². The quantitative estimate of drug-likeness (QED) is 0.177. The van der Waals surface area contributed by atoms with Crippen molar-refractivity contribution in [1.82, 2.24) is 0 Å². The fourth-order valence-corrected chi connectivity index (χ4v) is 2.55. The van der Waals surface area contributed by atoms with Crippen molar-refractivity contribution in [2.45, 2.75) is 110 Å². The van der Waals surface area contributed by atoms with E-state index in [0.29, 0.717) is 0 Å². The first-order valence-electron chi connectivity index (χ1n) is 8.71. The number of unbranched alkanes of at least 4 members (excludes halogenated alkanes) is 15. The summed E-state index contributed by atoms with van der Waals surface area (Å²) in [7, 11) is 0. The van der Waals surface area contributed by atoms with Gasteiger partial charge in [0.05, 0.1) is 0 Å². The van der Waals surface area contributed by atoms with E-state index in [1.165, 1.54) is 96.3 Å². The molecular formula is C18H39Ru-. The number of hydrogen-bond acceptors (Lipinski definition) is 0. The van der Waals surface area contributed by atoms with E-state index < -0.39 is 0 Å². The maximum atomic E-state index is 3.88. The third-order valence-electron chi connectivity index (χ3n) is 3.85. The van der Waals surface area contributed by atoms with E-state index >= 15 is 0 Å². The van der Waals surface area contributed by atoms with Gasteiger partial charge in [-0.2, -0.15) is 6.42 Å². The van der Waals surface area contributed by atoms with Gasteiger partial charge in [-0.3, -0.25) is 0 Å². The molecule has 0 nitrogen and oxygen atoms in total. The summed E-state index contributed by atoms with van der Waals surface area (Å²) in [5.41, 5.74) is 0. The van der Waals surface area contributed by atoms with Gasteiger partial charge < -0.3 is 6.92 Å². The minimum absolute atomic E-state index is 0. The van der Waals surface area contributed by atoms with Gasteiger partial charge in [0.1, 0.15) is 0 Å². The molecule has 0 aliphatic heterocycles. The van der Waals surface area contributed by atoms with Crippen LogP contribution in [0.15, 0.2) is 0 Å². The SMILES string of the molecule is [CH2-]CCCCCCCCCCCCCCCCC.[RuH2]. The zero-order valence-corrected chi connectivity index (χ0v) is 15.4. The van der Waals surface area contributed by atoms with Gasteiger partial charge in [0.15, 0.2) is 0 Å². The molecule has 0 fully saturated rings. The van der Waals surface area contributed by atoms with Gasteiger partial charge in [-0.05, 0) is 0 Å². The Balaban J connectivity index is 0. The second-order valence-electron chi connectivity index (χ2n) is 5.80. The van der Waals surface area contributed by atoms with Gasteiger partial charge in [-0.15, -0.1) is 0 Å². The summed E-state index contributed by atoms with van der Waals surface area (Å²) in [6.45, 7) is 6.18. The van der Waals surface area contributed by atoms with Gasteiger partial charge in [0, 0.05) is 0 Å². The van der Waals surface area contributed by atoms with Crippen LogP contribution in [0.25, 0.3) is 0 Å². The number of hydrogen-bond donors (Lipinski definition) is 0. The average Bonchev–Trinajstić information content (AvgIpc) is 2.39. The third kappa shape index (κ3) is 21.1. The molecule has 0 spiro atoms. The van der Waals surface area contributed by atoms with Crippen molar-refractivity contribution in [2.75, 3.05) is 0 Å². The maximum absolute atomic E-state index is 3.88. The monoisotopic (exact) mass is 357 g/mol. The molecule has 0 radical (unpaired) electrons. The molecule has 0 saturated heterocycles. The molecule has 0 unspecified atom stereocenters. The predicted molar refractivity (Wildman–Crippen MR) is 87.7 cm³/mol. The van der Waals surface area contributed by atoms with E-state index in [1.807, 2.05) is 0 Å². The molecule has 0 atom stereocenters. The molecule has 0 aliphatic rings. The van der Waals surface area contributed by atoms with E-state index in [0.717, 1.165) is 6.42 Å². The molecule has 1 heteroatoms. The summed E-state index contributed by atoms with van der Waals surface area (Å²) in [6, 6.07) is 0. The molecule has 0 rings (SSSR count). The van der Waals surface area contributed by atoms with Gasteiger partial charge in [0.25, 0.3) is 0 Å². The summed E-state index contributed by atoms with van der Waals surface area (Å²) in [4.78, 5) is 0. The molecule has 0 amide bonds. The zero-order chi connectivity index (χ0) is 13.3. The summed E-state index contributed by atoms with van der Waals surface area (Å²) in [5, 5.41) is 0. The Morgan fingerprint density at radius 3 is 1.00 bits per heavy atom. The minimum atomic E-state index is 0. The molecule has 0 saturated carbocycles. The summed E-state index contributed by atoms with van der Waals surface area (Å²) < 4.78 is 0. The Morgan fingerprint density at radius 2 is 0.737 bits per heavy atom. The van der Waals surface area contributed by atoms with Gasteiger partial charge in [0.2, 0.25) is 0 Å². The summed E-state index contributed by atoms with van der Waals surface area (Å²) in [5.74, 6) is 0. The molecule has 0 bridgehead atoms. The van der Waals surface area contributed by atoms with Crippen molar-refractivity contribution >= 4 is 0 Å². The molecule has 0 aromatic rings. The van der Waals surface area contributed by atoms with Gasteiger partial charge in [-0.25, -0.2) is 0 Å². The Kier molecular flexibility index (Phi) is 24.1. The molecule has 0 aromatic heterocycles. The topological polar surface area (TPSA) is 0 Å². The first kappa shape index (κ1) is 21.9. The Morgan fingerprint density at radius 1 is 0.474 bits per heavy atom. The van der Waals surface area contributed by atoms with Gasteiger partial charge >= 0.3 is 19.5 Å². The van der Waals surface area contributed by atoms with Crippen molar-refractivity contribution in [2.24, 2.45) is 0 Å². The van der Waals surface area contributed by atoms with Crippen LogP contribution in [-0.4, -0.2) is 0 Å². The zero-order valence-electron chi connectivity index (χ0n) is 13.4. The molecule has 19 heavy (non-hydrogen) atoms. The van der Waals surface area contributed by atoms with Crippen molar-refractivity contribution in [3.05, 3.63) is 6.92 Å². The normalized spacial score (nSPS) is 10.4. The van der Waals surface area contributed by atoms with Crippen LogP contribution < -0.4 is 0 Å². The van der Waals surface area contributed by atoms with Crippen LogP contribution in [0.1, 0.15) is 110 Å². The fourth-order valence-electron chi connectivity index (χ4n) is 2.55. The second kappa shape index (κ2) is 20.9. The van der Waals surface area contributed by atoms with Crippen LogP contribution in [-0.2, 0) is 19.5 Å². The third-order valence-corrected chi connectivity index (χ3v) is 3.85. The molecule has 120 valence electrons. The first-order valence-corrected chi connectivity index (χ1v) is 8.71. The first-order chi connectivity index (χ1) is 8.91. The number of rotatable bonds is 15. The Hall–Kier alpha value is 0.623. The summed E-state index contributed by atoms with van der Waals surface area (Å²) >= 11 is 0. The van der Waals surface area contributed by atoms with Crippen molar-refractivity contribution in [1.29, 1.82) is 0 Å². The van der Waals surface area contributed by atoms with Crippen LogP contribution in [0.3, 0.4) is 0 Å². The molecule has 0 N–H and O–H groups in total. The van der Waals surface area contributed by atoms with E-state index in [4.69, 9.17) is 0 Å². The van der Waals surface area contributed by atoms with E-state index in [9.17, 15) is 0 Å². The van der Waals surface area contributed by atoms with Crippen LogP contribution >= 0.6 is 0 Å². The Labute approximate surface area is 136 Å². The molecule has 0 heterocycles. The van der Waals surface area contributed by atoms with Crippen molar-refractivity contribution in [3.63, 3.8) is 0 Å². The van der Waals surface area contributed by atoms with E-state index in [2.05, 4.69) is 13.8 Å². The average molecular weight is 357 g/mol. The predicted octanol–water partition coefficient (Wildman–Crippen LogP) is 6.54. The van der Waals surface area contributed by atoms with Crippen molar-refractivity contribution < 1.29 is 19.5 Å². The van der Waals surface area contributed by atoms with E-state index in [-0.39, 0.29) is 19.5 Å². The van der Waals surface area contributed by atoms with Crippen LogP contribution in [0.5, 0.6) is 0 Å². The van der Waals surface area contributed by atoms with Crippen LogP contribution in [0.4, 0.5) is 0 Å². The second-order valence-corrected chi connectivity index (χ2v) is 5.80. The molecule has 0 aromatic carbocycles. The van der Waals surface area contributed by atoms with Crippen LogP contribution in [0.2, 0.25) is 0 Å². The van der Waals surface area contributed by atoms with Gasteiger partial charge in [-0.1, -0.05) is 103 Å². The van der Waals surface area contributed by atoms with E-state index in [1.54, 1.807) is 0 Å². The summed E-state index contributed by atoms with van der Waals surface area (Å²) in [6.07, 6.45) is 22.8. The fraction of sp³-hybridized carbons (Fsp3) is 0.944.